The SMILES string of the molecule is COc1cc(O)c(C2(C)CCCN2)cc1C. The van der Waals surface area contributed by atoms with Gasteiger partial charge in [-0.05, 0) is 44.9 Å². The summed E-state index contributed by atoms with van der Waals surface area (Å²) in [6.45, 7) is 5.15. The van der Waals surface area contributed by atoms with E-state index in [4.69, 9.17) is 4.74 Å². The first-order valence-electron chi connectivity index (χ1n) is 5.70. The molecular formula is C13H19NO2. The van der Waals surface area contributed by atoms with Gasteiger partial charge in [-0.1, -0.05) is 0 Å². The Morgan fingerprint density at radius 1 is 1.44 bits per heavy atom. The molecule has 1 atom stereocenters. The van der Waals surface area contributed by atoms with Crippen LogP contribution in [0.5, 0.6) is 11.5 Å². The molecule has 3 nitrogen and oxygen atoms in total. The van der Waals surface area contributed by atoms with E-state index >= 15 is 0 Å². The summed E-state index contributed by atoms with van der Waals surface area (Å²) in [5, 5.41) is 13.5. The summed E-state index contributed by atoms with van der Waals surface area (Å²) in [6.07, 6.45) is 2.22. The minimum atomic E-state index is -0.0961. The fourth-order valence-corrected chi connectivity index (χ4v) is 2.46. The third-order valence-corrected chi connectivity index (χ3v) is 3.48. The molecule has 0 bridgehead atoms. The third-order valence-electron chi connectivity index (χ3n) is 3.48. The standard InChI is InChI=1S/C13H19NO2/c1-9-7-10(11(15)8-12(9)16-3)13(2)5-4-6-14-13/h7-8,14-15H,4-6H2,1-3H3. The number of aromatic hydroxyl groups is 1. The van der Waals surface area contributed by atoms with E-state index in [0.29, 0.717) is 5.75 Å². The first kappa shape index (κ1) is 11.3. The van der Waals surface area contributed by atoms with Crippen LogP contribution in [0.1, 0.15) is 30.9 Å². The quantitative estimate of drug-likeness (QED) is 0.805. The summed E-state index contributed by atoms with van der Waals surface area (Å²) in [5.41, 5.74) is 1.94. The van der Waals surface area contributed by atoms with E-state index < -0.39 is 0 Å². The molecular weight excluding hydrogens is 202 g/mol. The number of hydrogen-bond acceptors (Lipinski definition) is 3. The van der Waals surface area contributed by atoms with Crippen molar-refractivity contribution in [2.24, 2.45) is 0 Å². The molecule has 1 aliphatic heterocycles. The van der Waals surface area contributed by atoms with Gasteiger partial charge < -0.3 is 15.2 Å². The molecule has 1 aromatic carbocycles. The number of ether oxygens (including phenoxy) is 1. The Bertz CT molecular complexity index is 395. The first-order chi connectivity index (χ1) is 7.57. The van der Waals surface area contributed by atoms with Crippen LogP contribution in [0.4, 0.5) is 0 Å². The van der Waals surface area contributed by atoms with Crippen LogP contribution in [0.15, 0.2) is 12.1 Å². The molecule has 1 aromatic rings. The van der Waals surface area contributed by atoms with Crippen LogP contribution >= 0.6 is 0 Å². The molecule has 1 aliphatic rings. The van der Waals surface area contributed by atoms with Crippen molar-refractivity contribution in [1.29, 1.82) is 0 Å². The van der Waals surface area contributed by atoms with Gasteiger partial charge in [0.05, 0.1) is 7.11 Å². The maximum atomic E-state index is 10.1. The molecule has 0 aromatic heterocycles. The van der Waals surface area contributed by atoms with Crippen LogP contribution in [-0.4, -0.2) is 18.8 Å². The number of nitrogens with one attached hydrogen (secondary N) is 1. The van der Waals surface area contributed by atoms with Crippen LogP contribution in [0.3, 0.4) is 0 Å². The van der Waals surface area contributed by atoms with E-state index in [1.807, 2.05) is 13.0 Å². The van der Waals surface area contributed by atoms with Crippen molar-refractivity contribution < 1.29 is 9.84 Å². The van der Waals surface area contributed by atoms with Crippen LogP contribution in [0, 0.1) is 6.92 Å². The number of aryl methyl sites for hydroxylation is 1. The number of phenolic OH excluding ortho intramolecular Hbond substituents is 1. The second-order valence-electron chi connectivity index (χ2n) is 4.70. The molecule has 2 rings (SSSR count). The highest BCUT2D eigenvalue weighted by Gasteiger charge is 2.32. The van der Waals surface area contributed by atoms with Crippen LogP contribution in [0.2, 0.25) is 0 Å². The number of hydrogen-bond donors (Lipinski definition) is 2. The number of phenols is 1. The zero-order valence-corrected chi connectivity index (χ0v) is 10.1. The fourth-order valence-electron chi connectivity index (χ4n) is 2.46. The Morgan fingerprint density at radius 3 is 2.75 bits per heavy atom. The molecule has 88 valence electrons. The summed E-state index contributed by atoms with van der Waals surface area (Å²) in [7, 11) is 1.62. The highest BCUT2D eigenvalue weighted by molar-refractivity contribution is 5.48. The van der Waals surface area contributed by atoms with Crippen molar-refractivity contribution in [1.82, 2.24) is 5.32 Å². The first-order valence-corrected chi connectivity index (χ1v) is 5.70. The number of benzene rings is 1. The van der Waals surface area contributed by atoms with E-state index in [1.54, 1.807) is 13.2 Å². The van der Waals surface area contributed by atoms with Gasteiger partial charge in [-0.3, -0.25) is 0 Å². The average Bonchev–Trinajstić information content (AvgIpc) is 2.69. The van der Waals surface area contributed by atoms with Crippen LogP contribution < -0.4 is 10.1 Å². The zero-order valence-electron chi connectivity index (χ0n) is 10.1. The summed E-state index contributed by atoms with van der Waals surface area (Å²) in [5.74, 6) is 1.06. The fraction of sp³-hybridized carbons (Fsp3) is 0.538. The zero-order chi connectivity index (χ0) is 11.8. The Labute approximate surface area is 96.4 Å². The molecule has 0 aliphatic carbocycles. The molecule has 2 N–H and O–H groups in total. The van der Waals surface area contributed by atoms with Crippen molar-refractivity contribution in [2.45, 2.75) is 32.2 Å². The lowest BCUT2D eigenvalue weighted by Crippen LogP contribution is -2.33. The predicted molar refractivity (Wildman–Crippen MR) is 64.0 cm³/mol. The molecule has 0 spiro atoms. The van der Waals surface area contributed by atoms with Crippen molar-refractivity contribution in [3.05, 3.63) is 23.3 Å². The van der Waals surface area contributed by atoms with Crippen molar-refractivity contribution in [3.63, 3.8) is 0 Å². The molecule has 3 heteroatoms. The maximum absolute atomic E-state index is 10.1. The van der Waals surface area contributed by atoms with Gasteiger partial charge in [0.1, 0.15) is 11.5 Å². The average molecular weight is 221 g/mol. The van der Waals surface area contributed by atoms with Gasteiger partial charge in [-0.15, -0.1) is 0 Å². The molecule has 1 fully saturated rings. The van der Waals surface area contributed by atoms with Crippen molar-refractivity contribution in [3.8, 4) is 11.5 Å². The van der Waals surface area contributed by atoms with E-state index in [2.05, 4.69) is 12.2 Å². The number of rotatable bonds is 2. The van der Waals surface area contributed by atoms with E-state index in [9.17, 15) is 5.11 Å². The molecule has 0 amide bonds. The normalized spacial score (nSPS) is 24.7. The Balaban J connectivity index is 2.45. The maximum Gasteiger partial charge on any atom is 0.125 e. The van der Waals surface area contributed by atoms with Crippen LogP contribution in [0.25, 0.3) is 0 Å². The Morgan fingerprint density at radius 2 is 2.19 bits per heavy atom. The predicted octanol–water partition coefficient (Wildman–Crippen LogP) is 2.31. The summed E-state index contributed by atoms with van der Waals surface area (Å²) in [4.78, 5) is 0. The van der Waals surface area contributed by atoms with E-state index in [0.717, 1.165) is 36.3 Å². The van der Waals surface area contributed by atoms with E-state index in [-0.39, 0.29) is 5.54 Å². The lowest BCUT2D eigenvalue weighted by atomic mass is 9.88. The largest absolute Gasteiger partial charge is 0.507 e. The lowest BCUT2D eigenvalue weighted by molar-refractivity contribution is 0.381. The van der Waals surface area contributed by atoms with Gasteiger partial charge in [-0.25, -0.2) is 0 Å². The minimum Gasteiger partial charge on any atom is -0.507 e. The molecule has 0 saturated carbocycles. The molecule has 0 radical (unpaired) electrons. The monoisotopic (exact) mass is 221 g/mol. The third kappa shape index (κ3) is 1.76. The van der Waals surface area contributed by atoms with Gasteiger partial charge in [0.2, 0.25) is 0 Å². The Kier molecular flexibility index (Phi) is 2.80. The lowest BCUT2D eigenvalue weighted by Gasteiger charge is -2.26. The van der Waals surface area contributed by atoms with Gasteiger partial charge in [0.25, 0.3) is 0 Å². The van der Waals surface area contributed by atoms with Crippen LogP contribution in [-0.2, 0) is 5.54 Å². The smallest absolute Gasteiger partial charge is 0.125 e. The minimum absolute atomic E-state index is 0.0961. The summed E-state index contributed by atoms with van der Waals surface area (Å²) >= 11 is 0. The van der Waals surface area contributed by atoms with Crippen molar-refractivity contribution in [2.75, 3.05) is 13.7 Å². The molecule has 1 unspecified atom stereocenters. The summed E-state index contributed by atoms with van der Waals surface area (Å²) in [6, 6.07) is 3.72. The van der Waals surface area contributed by atoms with Crippen molar-refractivity contribution >= 4 is 0 Å². The van der Waals surface area contributed by atoms with Gasteiger partial charge >= 0.3 is 0 Å². The molecule has 16 heavy (non-hydrogen) atoms. The summed E-state index contributed by atoms with van der Waals surface area (Å²) < 4.78 is 5.20. The molecule has 1 heterocycles. The number of methoxy groups -OCH3 is 1. The van der Waals surface area contributed by atoms with Gasteiger partial charge in [-0.2, -0.15) is 0 Å². The highest BCUT2D eigenvalue weighted by Crippen LogP contribution is 2.38. The second kappa shape index (κ2) is 3.98. The van der Waals surface area contributed by atoms with Gasteiger partial charge in [0.15, 0.2) is 0 Å². The Hall–Kier alpha value is -1.22. The molecule has 1 saturated heterocycles. The van der Waals surface area contributed by atoms with E-state index in [1.165, 1.54) is 0 Å². The second-order valence-corrected chi connectivity index (χ2v) is 4.70. The topological polar surface area (TPSA) is 41.5 Å². The highest BCUT2D eigenvalue weighted by atomic mass is 16.5. The van der Waals surface area contributed by atoms with Gasteiger partial charge in [0, 0.05) is 17.2 Å².